The molecule has 1 saturated carbocycles. The first-order valence-corrected chi connectivity index (χ1v) is 15.4. The van der Waals surface area contributed by atoms with Gasteiger partial charge in [-0.15, -0.1) is 0 Å². The van der Waals surface area contributed by atoms with Gasteiger partial charge in [-0.2, -0.15) is 0 Å². The molecule has 7 rings (SSSR count). The van der Waals surface area contributed by atoms with Crippen LogP contribution < -0.4 is 0 Å². The summed E-state index contributed by atoms with van der Waals surface area (Å²) in [5.41, 5.74) is 5.57. The van der Waals surface area contributed by atoms with Crippen LogP contribution in [-0.4, -0.2) is 53.7 Å². The SMILES string of the molecule is CCN(Cc1ccc(CCN2CC3CCC2CC3)cc1)C1C=C(OC)C=CC1[C@@H]1CCc2cc(O)ccc2C1. The highest BCUT2D eigenvalue weighted by atomic mass is 16.5. The number of aromatic hydroxyl groups is 1. The maximum atomic E-state index is 9.93. The third-order valence-electron chi connectivity index (χ3n) is 10.2. The second kappa shape index (κ2) is 11.9. The van der Waals surface area contributed by atoms with Crippen molar-refractivity contribution in [3.05, 3.63) is 88.7 Å². The van der Waals surface area contributed by atoms with Gasteiger partial charge in [0.15, 0.2) is 0 Å². The van der Waals surface area contributed by atoms with Gasteiger partial charge in [0.2, 0.25) is 0 Å². The van der Waals surface area contributed by atoms with E-state index in [0.29, 0.717) is 23.6 Å². The molecule has 2 heterocycles. The summed E-state index contributed by atoms with van der Waals surface area (Å²) < 4.78 is 5.70. The van der Waals surface area contributed by atoms with Crippen LogP contribution >= 0.6 is 0 Å². The van der Waals surface area contributed by atoms with Crippen molar-refractivity contribution in [1.82, 2.24) is 9.80 Å². The number of ether oxygens (including phenoxy) is 1. The van der Waals surface area contributed by atoms with Crippen LogP contribution in [-0.2, 0) is 30.5 Å². The number of benzene rings is 2. The molecule has 2 aromatic carbocycles. The van der Waals surface area contributed by atoms with Gasteiger partial charge in [0.05, 0.1) is 7.11 Å². The van der Waals surface area contributed by atoms with Crippen molar-refractivity contribution < 1.29 is 9.84 Å². The van der Waals surface area contributed by atoms with Crippen LogP contribution in [0, 0.1) is 17.8 Å². The first-order valence-electron chi connectivity index (χ1n) is 15.4. The minimum atomic E-state index is 0.313. The van der Waals surface area contributed by atoms with Crippen LogP contribution in [0.2, 0.25) is 0 Å². The predicted molar refractivity (Wildman–Crippen MR) is 159 cm³/mol. The second-order valence-electron chi connectivity index (χ2n) is 12.5. The normalized spacial score (nSPS) is 28.4. The minimum Gasteiger partial charge on any atom is -0.508 e. The Bertz CT molecular complexity index is 1180. The van der Waals surface area contributed by atoms with E-state index in [0.717, 1.165) is 56.5 Å². The van der Waals surface area contributed by atoms with Crippen LogP contribution in [0.15, 0.2) is 66.5 Å². The summed E-state index contributed by atoms with van der Waals surface area (Å²) >= 11 is 0. The molecule has 4 heteroatoms. The number of aryl methyl sites for hydroxylation is 1. The fraction of sp³-hybridized carbons (Fsp3) is 0.543. The van der Waals surface area contributed by atoms with E-state index in [2.05, 4.69) is 65.3 Å². The zero-order valence-corrected chi connectivity index (χ0v) is 23.9. The number of likely N-dealkylation sites (N-methyl/N-ethyl adjacent to an activating group) is 1. The van der Waals surface area contributed by atoms with Gasteiger partial charge in [0, 0.05) is 31.7 Å². The first-order chi connectivity index (χ1) is 19.1. The summed E-state index contributed by atoms with van der Waals surface area (Å²) in [6, 6.07) is 16.5. The molecule has 5 aliphatic rings. The fourth-order valence-corrected chi connectivity index (χ4v) is 7.87. The highest BCUT2D eigenvalue weighted by Crippen LogP contribution is 2.38. The van der Waals surface area contributed by atoms with E-state index in [4.69, 9.17) is 4.74 Å². The lowest BCUT2D eigenvalue weighted by Gasteiger charge is -2.45. The predicted octanol–water partition coefficient (Wildman–Crippen LogP) is 6.52. The zero-order valence-electron chi connectivity index (χ0n) is 23.9. The molecule has 0 aromatic heterocycles. The van der Waals surface area contributed by atoms with E-state index >= 15 is 0 Å². The average Bonchev–Trinajstić information content (AvgIpc) is 2.99. The average molecular weight is 527 g/mol. The van der Waals surface area contributed by atoms with Crippen LogP contribution in [0.25, 0.3) is 0 Å². The third kappa shape index (κ3) is 5.98. The van der Waals surface area contributed by atoms with E-state index < -0.39 is 0 Å². The molecule has 2 aliphatic heterocycles. The number of phenols is 1. The van der Waals surface area contributed by atoms with Gasteiger partial charge in [0.1, 0.15) is 11.5 Å². The number of fused-ring (bicyclic) bond motifs is 4. The number of nitrogens with zero attached hydrogens (tertiary/aromatic N) is 2. The van der Waals surface area contributed by atoms with Crippen molar-refractivity contribution in [2.75, 3.05) is 26.7 Å². The maximum absolute atomic E-state index is 9.93. The third-order valence-corrected chi connectivity index (χ3v) is 10.2. The van der Waals surface area contributed by atoms with Crippen LogP contribution in [0.4, 0.5) is 0 Å². The topological polar surface area (TPSA) is 35.9 Å². The number of rotatable bonds is 9. The Morgan fingerprint density at radius 3 is 2.49 bits per heavy atom. The largest absolute Gasteiger partial charge is 0.508 e. The van der Waals surface area contributed by atoms with Crippen molar-refractivity contribution >= 4 is 0 Å². The number of phenolic OH excluding ortho intramolecular Hbond substituents is 1. The lowest BCUT2D eigenvalue weighted by atomic mass is 9.72. The molecule has 0 radical (unpaired) electrons. The Labute approximate surface area is 235 Å². The highest BCUT2D eigenvalue weighted by Gasteiger charge is 2.35. The monoisotopic (exact) mass is 526 g/mol. The van der Waals surface area contributed by atoms with Crippen molar-refractivity contribution in [1.29, 1.82) is 0 Å². The standard InChI is InChI=1S/C35H46N2O2/c1-3-36(23-26-6-4-25(5-7-26)18-19-37-24-27-8-13-31(37)14-9-27)35-22-33(39-2)16-17-34(35)30-11-10-29-21-32(38)15-12-28(29)20-30/h4-7,12,15-17,21-22,27,30-31,34-35,38H,3,8-11,13-14,18-20,23-24H2,1-2H3/t27?,30-,31?,34?,35?/m1/s1. The number of hydrogen-bond donors (Lipinski definition) is 1. The van der Waals surface area contributed by atoms with Crippen molar-refractivity contribution in [3.8, 4) is 5.75 Å². The summed E-state index contributed by atoms with van der Waals surface area (Å²) in [4.78, 5) is 5.40. The maximum Gasteiger partial charge on any atom is 0.116 e. The lowest BCUT2D eigenvalue weighted by Crippen LogP contribution is -2.48. The highest BCUT2D eigenvalue weighted by molar-refractivity contribution is 5.37. The van der Waals surface area contributed by atoms with Gasteiger partial charge in [-0.3, -0.25) is 9.80 Å². The lowest BCUT2D eigenvalue weighted by molar-refractivity contribution is 0.0501. The fourth-order valence-electron chi connectivity index (χ4n) is 7.87. The number of piperidine rings is 2. The van der Waals surface area contributed by atoms with E-state index in [1.807, 2.05) is 12.1 Å². The van der Waals surface area contributed by atoms with Crippen molar-refractivity contribution in [2.24, 2.45) is 17.8 Å². The summed E-state index contributed by atoms with van der Waals surface area (Å²) in [6.07, 6.45) is 17.1. The summed E-state index contributed by atoms with van der Waals surface area (Å²) in [6.45, 7) is 6.78. The quantitative estimate of drug-likeness (QED) is 0.404. The Hall–Kier alpha value is -2.56. The Balaban J connectivity index is 1.11. The van der Waals surface area contributed by atoms with Crippen LogP contribution in [0.1, 0.15) is 61.3 Å². The number of hydrogen-bond acceptors (Lipinski definition) is 4. The van der Waals surface area contributed by atoms with Gasteiger partial charge < -0.3 is 9.84 Å². The molecule has 2 saturated heterocycles. The molecule has 39 heavy (non-hydrogen) atoms. The molecular formula is C35H46N2O2. The summed E-state index contributed by atoms with van der Waals surface area (Å²) in [5.74, 6) is 3.35. The Kier molecular flexibility index (Phi) is 8.13. The Morgan fingerprint density at radius 2 is 1.77 bits per heavy atom. The molecule has 3 atom stereocenters. The van der Waals surface area contributed by atoms with Crippen molar-refractivity contribution in [3.63, 3.8) is 0 Å². The van der Waals surface area contributed by atoms with Gasteiger partial charge in [-0.1, -0.05) is 43.3 Å². The summed E-state index contributed by atoms with van der Waals surface area (Å²) in [7, 11) is 1.78. The van der Waals surface area contributed by atoms with E-state index in [-0.39, 0.29) is 0 Å². The molecule has 4 nitrogen and oxygen atoms in total. The molecule has 0 amide bonds. The van der Waals surface area contributed by atoms with Gasteiger partial charge in [0.25, 0.3) is 0 Å². The molecule has 1 N–H and O–H groups in total. The number of methoxy groups -OCH3 is 1. The van der Waals surface area contributed by atoms with E-state index in [1.165, 1.54) is 61.0 Å². The van der Waals surface area contributed by atoms with Crippen LogP contribution in [0.5, 0.6) is 5.75 Å². The number of allylic oxidation sites excluding steroid dienone is 1. The van der Waals surface area contributed by atoms with Crippen LogP contribution in [0.3, 0.4) is 0 Å². The zero-order chi connectivity index (χ0) is 26.8. The van der Waals surface area contributed by atoms with Gasteiger partial charge in [-0.05, 0) is 122 Å². The van der Waals surface area contributed by atoms with Gasteiger partial charge in [-0.25, -0.2) is 0 Å². The molecular weight excluding hydrogens is 480 g/mol. The van der Waals surface area contributed by atoms with Crippen molar-refractivity contribution in [2.45, 2.75) is 76.9 Å². The molecule has 208 valence electrons. The minimum absolute atomic E-state index is 0.313. The molecule has 2 unspecified atom stereocenters. The Morgan fingerprint density at radius 1 is 0.974 bits per heavy atom. The molecule has 2 aromatic rings. The molecule has 2 bridgehead atoms. The smallest absolute Gasteiger partial charge is 0.116 e. The molecule has 3 fully saturated rings. The molecule has 0 spiro atoms. The molecule has 3 aliphatic carbocycles. The second-order valence-corrected chi connectivity index (χ2v) is 12.5. The van der Waals surface area contributed by atoms with E-state index in [9.17, 15) is 5.11 Å². The van der Waals surface area contributed by atoms with E-state index in [1.54, 1.807) is 7.11 Å². The summed E-state index contributed by atoms with van der Waals surface area (Å²) in [5, 5.41) is 9.93. The first kappa shape index (κ1) is 26.7. The van der Waals surface area contributed by atoms with Gasteiger partial charge >= 0.3 is 0 Å².